The number of carbonyl (C=O) groups excluding carboxylic acids is 6. The lowest BCUT2D eigenvalue weighted by Crippen LogP contribution is -2.23. The molecule has 0 radical (unpaired) electrons. The SMILES string of the molecule is CCOc1cccc(N(C)C(=O)SC)c1COc1ccc(C)cc1C.CCc1cccc(N(C)C(=O)SC)c1COc1ccc(C)cc1C.CSC(=O)N(C)c1cccc(C)c1COc1ccc(C)cc1C.CSC(=O)N(C)c1cccc(C)c1COc1ccc(C)cc1C.CSC(=O)N(C)c1cccc(C2CC2)c1COc1ccc(C)cc1C.CSC(=O)N(C)c1cccc(CO)c1COc1ccc(C)cc1C. The molecule has 1 saturated carbocycles. The molecule has 1 N–H and O–H groups in total. The van der Waals surface area contributed by atoms with E-state index in [4.69, 9.17) is 33.2 Å². The summed E-state index contributed by atoms with van der Waals surface area (Å²) in [6, 6.07) is 72.4. The fraction of sp³-hybridized carbons (Fsp3) is 0.339. The fourth-order valence-electron chi connectivity index (χ4n) is 16.3. The van der Waals surface area contributed by atoms with Crippen molar-refractivity contribution in [1.29, 1.82) is 0 Å². The van der Waals surface area contributed by atoms with Crippen LogP contribution in [0.2, 0.25) is 0 Å². The lowest BCUT2D eigenvalue weighted by Gasteiger charge is -2.22. The van der Waals surface area contributed by atoms with Gasteiger partial charge in [0.05, 0.1) is 52.9 Å². The average molecular weight is 2060 g/mol. The standard InChI is InChI=1S/C21H25NO2S.C20H25NO3S.C20H25NO2S.C19H23NO3S.2C19H23NO2S/c1-14-8-11-20(15(2)12-14)24-13-18-17(16-9-10-16)6-5-7-19(18)22(3)21(23)25-4;1-6-23-19-9-7-8-17(21(4)20(22)25-5)16(19)13-24-18-11-10-14(2)12-15(18)3;1-6-16-8-7-9-18(21(4)20(22)24-5)17(16)13-23-19-11-10-14(2)12-15(19)3;1-13-8-9-18(14(2)10-13)23-12-16-15(11-21)6-5-7-17(16)20(3)19(22)24-4;2*1-13-9-10-18(15(3)11-13)22-12-16-14(2)7-6-8-17(16)20(4)19(21)23-5/h5-8,11-12,16H,9-10,13H2,1-4H3;7-12H,6,13H2,1-5H3;7-12H,6,13H2,1-5H3;5-10,21H,11-12H2,1-4H3;2*6-11H,12H2,1-5H3. The molecule has 0 bridgehead atoms. The van der Waals surface area contributed by atoms with Crippen molar-refractivity contribution in [3.8, 4) is 40.2 Å². The summed E-state index contributed by atoms with van der Waals surface area (Å²) in [6.45, 7) is 35.7. The van der Waals surface area contributed by atoms with Crippen LogP contribution in [-0.4, -0.2) is 123 Å². The normalized spacial score (nSPS) is 11.0. The van der Waals surface area contributed by atoms with Gasteiger partial charge in [-0.2, -0.15) is 0 Å². The predicted molar refractivity (Wildman–Crippen MR) is 612 cm³/mol. The zero-order valence-corrected chi connectivity index (χ0v) is 93.9. The van der Waals surface area contributed by atoms with Crippen molar-refractivity contribution in [3.63, 3.8) is 0 Å². The second kappa shape index (κ2) is 58.3. The van der Waals surface area contributed by atoms with Crippen LogP contribution >= 0.6 is 70.6 Å². The van der Waals surface area contributed by atoms with Gasteiger partial charge in [-0.3, -0.25) is 28.8 Å². The highest BCUT2D eigenvalue weighted by Gasteiger charge is 2.30. The first-order chi connectivity index (χ1) is 68.8. The van der Waals surface area contributed by atoms with E-state index >= 15 is 0 Å². The molecule has 0 saturated heterocycles. The van der Waals surface area contributed by atoms with Gasteiger partial charge in [0.15, 0.2) is 0 Å². The molecule has 144 heavy (non-hydrogen) atoms. The molecule has 0 spiro atoms. The van der Waals surface area contributed by atoms with Crippen molar-refractivity contribution in [2.24, 2.45) is 0 Å². The van der Waals surface area contributed by atoms with Crippen molar-refractivity contribution in [2.75, 3.05) is 116 Å². The Bertz CT molecular complexity index is 6120. The summed E-state index contributed by atoms with van der Waals surface area (Å²) in [4.78, 5) is 82.4. The average Bonchev–Trinajstić information content (AvgIpc) is 1.70. The van der Waals surface area contributed by atoms with Crippen LogP contribution in [0.3, 0.4) is 0 Å². The third-order valence-corrected chi connectivity index (χ3v) is 28.2. The van der Waals surface area contributed by atoms with E-state index in [-0.39, 0.29) is 38.0 Å². The number of aryl methyl sites for hydroxylation is 15. The number of nitrogens with zero attached hydrogens (tertiary/aromatic N) is 6. The topological polar surface area (TPSA) is 207 Å². The van der Waals surface area contributed by atoms with E-state index in [1.165, 1.54) is 116 Å². The number of ether oxygens (including phenoxy) is 7. The van der Waals surface area contributed by atoms with Crippen LogP contribution in [0.1, 0.15) is 161 Å². The molecule has 0 aliphatic heterocycles. The molecule has 0 unspecified atom stereocenters. The quantitative estimate of drug-likeness (QED) is 0.0462. The Hall–Kier alpha value is -11.9. The van der Waals surface area contributed by atoms with Gasteiger partial charge < -0.3 is 67.7 Å². The zero-order valence-electron chi connectivity index (χ0n) is 89.0. The molecule has 20 nitrogen and oxygen atoms in total. The monoisotopic (exact) mass is 2060 g/mol. The number of amides is 6. The smallest absolute Gasteiger partial charge is 0.285 e. The largest absolute Gasteiger partial charge is 0.493 e. The number of aliphatic hydroxyl groups excluding tert-OH is 1. The van der Waals surface area contributed by atoms with Crippen LogP contribution in [-0.2, 0) is 52.7 Å². The lowest BCUT2D eigenvalue weighted by molar-refractivity contribution is 0.264. The van der Waals surface area contributed by atoms with Crippen LogP contribution in [0, 0.1) is 96.9 Å². The number of thioether (sulfide) groups is 6. The molecule has 1 aliphatic carbocycles. The third kappa shape index (κ3) is 33.6. The van der Waals surface area contributed by atoms with E-state index < -0.39 is 0 Å². The van der Waals surface area contributed by atoms with Crippen molar-refractivity contribution < 1.29 is 67.0 Å². The molecular weight excluding hydrogens is 1920 g/mol. The Morgan fingerprint density at radius 2 is 0.493 bits per heavy atom. The zero-order chi connectivity index (χ0) is 106. The summed E-state index contributed by atoms with van der Waals surface area (Å²) >= 11 is 7.19. The van der Waals surface area contributed by atoms with Crippen LogP contribution < -0.4 is 62.6 Å². The highest BCUT2D eigenvalue weighted by Crippen LogP contribution is 2.45. The van der Waals surface area contributed by atoms with Crippen LogP contribution in [0.5, 0.6) is 40.2 Å². The molecule has 766 valence electrons. The number of aliphatic hydroxyl groups is 1. The summed E-state index contributed by atoms with van der Waals surface area (Å²) < 4.78 is 42.0. The Kier molecular flexibility index (Phi) is 47.5. The van der Waals surface area contributed by atoms with E-state index in [1.807, 2.05) is 233 Å². The number of carbonyl (C=O) groups is 6. The molecule has 12 aromatic carbocycles. The Labute approximate surface area is 881 Å². The van der Waals surface area contributed by atoms with Crippen molar-refractivity contribution in [2.45, 2.75) is 182 Å². The molecule has 0 aromatic heterocycles. The molecule has 1 aliphatic rings. The Morgan fingerprint density at radius 1 is 0.264 bits per heavy atom. The number of hydrogen-bond donors (Lipinski definition) is 1. The van der Waals surface area contributed by atoms with Gasteiger partial charge in [-0.05, 0) is 307 Å². The first kappa shape index (κ1) is 117. The summed E-state index contributed by atoms with van der Waals surface area (Å²) in [5.74, 6) is 6.53. The first-order valence-electron chi connectivity index (χ1n) is 47.8. The van der Waals surface area contributed by atoms with E-state index in [0.29, 0.717) is 52.2 Å². The van der Waals surface area contributed by atoms with E-state index in [1.54, 1.807) is 88.9 Å². The van der Waals surface area contributed by atoms with Gasteiger partial charge in [0, 0.05) is 70.1 Å². The molecular formula is C118H144N6O14S6. The number of anilines is 6. The highest BCUT2D eigenvalue weighted by molar-refractivity contribution is 8.14. The van der Waals surface area contributed by atoms with E-state index in [0.717, 1.165) is 176 Å². The molecule has 12 aromatic rings. The van der Waals surface area contributed by atoms with Gasteiger partial charge in [-0.1, -0.05) is 250 Å². The van der Waals surface area contributed by atoms with Crippen LogP contribution in [0.4, 0.5) is 62.9 Å². The second-order valence-corrected chi connectivity index (χ2v) is 39.9. The maximum atomic E-state index is 12.2. The fourth-order valence-corrected chi connectivity index (χ4v) is 18.5. The van der Waals surface area contributed by atoms with Gasteiger partial charge in [-0.25, -0.2) is 0 Å². The van der Waals surface area contributed by atoms with Crippen molar-refractivity contribution >= 4 is 136 Å². The minimum atomic E-state index is -0.0965. The van der Waals surface area contributed by atoms with Crippen LogP contribution in [0.15, 0.2) is 218 Å². The molecule has 6 amide bonds. The molecule has 26 heteroatoms. The maximum Gasteiger partial charge on any atom is 0.285 e. The second-order valence-electron chi connectivity index (χ2n) is 35.3. The maximum absolute atomic E-state index is 12.2. The summed E-state index contributed by atoms with van der Waals surface area (Å²) in [5, 5.41) is 9.66. The number of benzene rings is 12. The van der Waals surface area contributed by atoms with Crippen LogP contribution in [0.25, 0.3) is 0 Å². The Morgan fingerprint density at radius 3 is 0.757 bits per heavy atom. The predicted octanol–water partition coefficient (Wildman–Crippen LogP) is 30.8. The number of hydrogen-bond acceptors (Lipinski definition) is 20. The van der Waals surface area contributed by atoms with Crippen molar-refractivity contribution in [3.05, 3.63) is 346 Å². The van der Waals surface area contributed by atoms with Gasteiger partial charge in [-0.15, -0.1) is 0 Å². The van der Waals surface area contributed by atoms with Crippen molar-refractivity contribution in [1.82, 2.24) is 0 Å². The summed E-state index contributed by atoms with van der Waals surface area (Å²) in [7, 11) is 10.8. The molecule has 0 atom stereocenters. The highest BCUT2D eigenvalue weighted by atomic mass is 32.2. The van der Waals surface area contributed by atoms with E-state index in [9.17, 15) is 33.9 Å². The third-order valence-electron chi connectivity index (χ3n) is 24.5. The summed E-state index contributed by atoms with van der Waals surface area (Å²) in [5.41, 5.74) is 30.6. The minimum absolute atomic E-state index is 0.0170. The van der Waals surface area contributed by atoms with Gasteiger partial charge in [0.1, 0.15) is 79.9 Å². The number of rotatable bonds is 29. The lowest BCUT2D eigenvalue weighted by atomic mass is 10.0. The molecule has 0 heterocycles. The molecule has 1 fully saturated rings. The Balaban J connectivity index is 0.000000211. The molecule has 13 rings (SSSR count). The minimum Gasteiger partial charge on any atom is -0.493 e. The van der Waals surface area contributed by atoms with E-state index in [2.05, 4.69) is 116 Å². The van der Waals surface area contributed by atoms with Gasteiger partial charge in [0.25, 0.3) is 31.4 Å². The van der Waals surface area contributed by atoms with Gasteiger partial charge >= 0.3 is 0 Å². The van der Waals surface area contributed by atoms with Gasteiger partial charge in [0.2, 0.25) is 0 Å². The summed E-state index contributed by atoms with van der Waals surface area (Å²) in [6.07, 6.45) is 14.1. The first-order valence-corrected chi connectivity index (χ1v) is 55.1.